The molecule has 0 bridgehead atoms. The van der Waals surface area contributed by atoms with E-state index in [4.69, 9.17) is 71.1 Å². The molecule has 470 valence electrons. The minimum absolute atomic E-state index is 0.489. The second-order valence-electron chi connectivity index (χ2n) is 19.5. The molecule has 0 spiro atoms. The monoisotopic (exact) mass is 1190 g/mol. The van der Waals surface area contributed by atoms with Crippen molar-refractivity contribution in [3.8, 4) is 0 Å². The predicted octanol–water partition coefficient (Wildman–Crippen LogP) is 4.45. The third kappa shape index (κ3) is 31.6. The fourth-order valence-electron chi connectivity index (χ4n) is 8.08. The molecule has 0 aliphatic heterocycles. The number of benzene rings is 3. The van der Waals surface area contributed by atoms with Crippen molar-refractivity contribution in [3.63, 3.8) is 0 Å². The fourth-order valence-corrected chi connectivity index (χ4v) is 8.08. The van der Waals surface area contributed by atoms with E-state index in [1.54, 1.807) is 21.3 Å². The lowest BCUT2D eigenvalue weighted by Crippen LogP contribution is -2.23. The molecule has 3 aromatic heterocycles. The molecule has 0 amide bonds. The zero-order chi connectivity index (χ0) is 59.3. The quantitative estimate of drug-likeness (QED) is 0.0480. The molecule has 0 N–H and O–H groups in total. The Kier molecular flexibility index (Phi) is 36.2. The lowest BCUT2D eigenvalue weighted by Gasteiger charge is -2.18. The van der Waals surface area contributed by atoms with Crippen LogP contribution in [0.15, 0.2) is 91.4 Å². The SMILES string of the molecule is COCCOCCOCCOCCOCc1ccc(Cn2cc(CN(Cc3cn(Cc4ccc(COCCOCCOCCOCCOC)cc4)nn3)Cc3cn(Cc4ccc(COCCOCCOCCOCCOC)cc4)nn3)nn2)cc1. The summed E-state index contributed by atoms with van der Waals surface area (Å²) in [6.45, 7) is 17.2. The Morgan fingerprint density at radius 1 is 0.271 bits per heavy atom. The molecule has 0 aliphatic carbocycles. The first-order valence-corrected chi connectivity index (χ1v) is 29.1. The molecule has 0 aliphatic rings. The summed E-state index contributed by atoms with van der Waals surface area (Å²) in [5.74, 6) is 0. The van der Waals surface area contributed by atoms with Gasteiger partial charge in [-0.25, -0.2) is 14.0 Å². The van der Waals surface area contributed by atoms with Crippen LogP contribution in [0, 0.1) is 0 Å². The molecule has 0 fully saturated rings. The largest absolute Gasteiger partial charge is 0.382 e. The number of methoxy groups -OCH3 is 3. The molecule has 0 saturated carbocycles. The second-order valence-corrected chi connectivity index (χ2v) is 19.5. The van der Waals surface area contributed by atoms with Crippen LogP contribution < -0.4 is 0 Å². The van der Waals surface area contributed by atoms with Crippen LogP contribution in [0.5, 0.6) is 0 Å². The van der Waals surface area contributed by atoms with E-state index in [0.717, 1.165) is 50.5 Å². The highest BCUT2D eigenvalue weighted by Gasteiger charge is 2.16. The summed E-state index contributed by atoms with van der Waals surface area (Å²) in [5.41, 5.74) is 8.92. The van der Waals surface area contributed by atoms with E-state index in [1.165, 1.54) is 0 Å². The molecule has 85 heavy (non-hydrogen) atoms. The van der Waals surface area contributed by atoms with Crippen LogP contribution in [0.4, 0.5) is 0 Å². The van der Waals surface area contributed by atoms with Crippen LogP contribution in [0.2, 0.25) is 0 Å². The van der Waals surface area contributed by atoms with Crippen molar-refractivity contribution >= 4 is 0 Å². The Balaban J connectivity index is 0.941. The molecule has 3 heterocycles. The average Bonchev–Trinajstić information content (AvgIpc) is 4.33. The van der Waals surface area contributed by atoms with Gasteiger partial charge in [0, 0.05) is 41.0 Å². The smallest absolute Gasteiger partial charge is 0.0967 e. The Bertz CT molecular complexity index is 2260. The zero-order valence-electron chi connectivity index (χ0n) is 50.1. The van der Waals surface area contributed by atoms with Gasteiger partial charge in [-0.3, -0.25) is 4.90 Å². The van der Waals surface area contributed by atoms with E-state index >= 15 is 0 Å². The van der Waals surface area contributed by atoms with Gasteiger partial charge in [-0.05, 0) is 33.4 Å². The Morgan fingerprint density at radius 2 is 0.471 bits per heavy atom. The molecule has 0 unspecified atom stereocenters. The summed E-state index contributed by atoms with van der Waals surface area (Å²) in [5, 5.41) is 27.2. The number of hydrogen-bond donors (Lipinski definition) is 0. The average molecular weight is 1190 g/mol. The molecule has 6 rings (SSSR count). The van der Waals surface area contributed by atoms with E-state index in [0.29, 0.717) is 218 Å². The molecule has 0 saturated heterocycles. The predicted molar refractivity (Wildman–Crippen MR) is 312 cm³/mol. The Labute approximate surface area is 500 Å². The maximum absolute atomic E-state index is 5.84. The van der Waals surface area contributed by atoms with Gasteiger partial charge in [-0.1, -0.05) is 88.4 Å². The van der Waals surface area contributed by atoms with E-state index in [2.05, 4.69) is 109 Å². The lowest BCUT2D eigenvalue weighted by molar-refractivity contribution is -0.00948. The molecule has 6 aromatic rings. The molecular formula is C60H90N10O15. The first kappa shape index (κ1) is 68.6. The highest BCUT2D eigenvalue weighted by molar-refractivity contribution is 5.24. The van der Waals surface area contributed by atoms with Gasteiger partial charge in [0.05, 0.1) is 234 Å². The topological polar surface area (TPSA) is 234 Å². The van der Waals surface area contributed by atoms with Crippen LogP contribution in [-0.2, 0) is 130 Å². The summed E-state index contributed by atoms with van der Waals surface area (Å²) in [4.78, 5) is 2.22. The normalized spacial score (nSPS) is 11.7. The number of rotatable bonds is 54. The van der Waals surface area contributed by atoms with Crippen LogP contribution >= 0.6 is 0 Å². The molecule has 3 aromatic carbocycles. The van der Waals surface area contributed by atoms with Gasteiger partial charge in [0.25, 0.3) is 0 Å². The van der Waals surface area contributed by atoms with E-state index in [-0.39, 0.29) is 0 Å². The van der Waals surface area contributed by atoms with Crippen molar-refractivity contribution in [3.05, 3.63) is 142 Å². The maximum atomic E-state index is 5.84. The molecule has 25 heteroatoms. The number of ether oxygens (including phenoxy) is 15. The molecule has 0 atom stereocenters. The Morgan fingerprint density at radius 3 is 0.694 bits per heavy atom. The van der Waals surface area contributed by atoms with Crippen molar-refractivity contribution < 1.29 is 71.1 Å². The van der Waals surface area contributed by atoms with Gasteiger partial charge in [0.1, 0.15) is 0 Å². The number of aromatic nitrogens is 9. The summed E-state index contributed by atoms with van der Waals surface area (Å²) in [6.07, 6.45) is 5.94. The van der Waals surface area contributed by atoms with Crippen molar-refractivity contribution in [2.75, 3.05) is 180 Å². The maximum Gasteiger partial charge on any atom is 0.0967 e. The highest BCUT2D eigenvalue weighted by atomic mass is 16.6. The van der Waals surface area contributed by atoms with Gasteiger partial charge in [-0.2, -0.15) is 0 Å². The second kappa shape index (κ2) is 44.8. The van der Waals surface area contributed by atoms with Gasteiger partial charge in [-0.15, -0.1) is 15.3 Å². The molecule has 25 nitrogen and oxygen atoms in total. The number of nitrogens with zero attached hydrogens (tertiary/aromatic N) is 10. The van der Waals surface area contributed by atoms with Crippen LogP contribution in [-0.4, -0.2) is 230 Å². The first-order valence-electron chi connectivity index (χ1n) is 29.1. The zero-order valence-corrected chi connectivity index (χ0v) is 50.1. The van der Waals surface area contributed by atoms with Crippen molar-refractivity contribution in [1.82, 2.24) is 49.9 Å². The third-order valence-electron chi connectivity index (χ3n) is 12.5. The molecular weight excluding hydrogens is 1100 g/mol. The van der Waals surface area contributed by atoms with Gasteiger partial charge in [0.15, 0.2) is 0 Å². The molecule has 0 radical (unpaired) electrons. The van der Waals surface area contributed by atoms with Crippen molar-refractivity contribution in [2.45, 2.75) is 59.1 Å². The van der Waals surface area contributed by atoms with E-state index < -0.39 is 0 Å². The van der Waals surface area contributed by atoms with Gasteiger partial charge >= 0.3 is 0 Å². The summed E-state index contributed by atoms with van der Waals surface area (Å²) < 4.78 is 87.6. The standard InChI is InChI=1S/C60H90N10O15/c1-71-16-19-74-22-25-77-28-31-80-34-37-83-49-55-10-4-52(5-11-55)40-68-46-58(61-64-68)43-67(44-59-47-69(65-62-59)41-53-6-12-56(13-7-53)50-84-38-35-81-32-29-78-26-23-75-20-17-72-2)45-60-48-70(66-63-60)42-54-8-14-57(15-9-54)51-85-39-36-82-33-30-79-27-24-76-21-18-73-3/h4-15,46-48H,16-45,49-51H2,1-3H3. The van der Waals surface area contributed by atoms with Crippen LogP contribution in [0.25, 0.3) is 0 Å². The summed E-state index contributed by atoms with van der Waals surface area (Å²) >= 11 is 0. The van der Waals surface area contributed by atoms with Gasteiger partial charge in [0.2, 0.25) is 0 Å². The lowest BCUT2D eigenvalue weighted by atomic mass is 10.1. The number of hydrogen-bond acceptors (Lipinski definition) is 22. The highest BCUT2D eigenvalue weighted by Crippen LogP contribution is 2.15. The first-order chi connectivity index (χ1) is 42.0. The van der Waals surface area contributed by atoms with Crippen LogP contribution in [0.1, 0.15) is 50.5 Å². The Hall–Kier alpha value is -5.56. The minimum atomic E-state index is 0.489. The third-order valence-corrected chi connectivity index (χ3v) is 12.5. The van der Waals surface area contributed by atoms with Crippen molar-refractivity contribution in [2.24, 2.45) is 0 Å². The van der Waals surface area contributed by atoms with E-state index in [9.17, 15) is 0 Å². The van der Waals surface area contributed by atoms with Crippen LogP contribution in [0.3, 0.4) is 0 Å². The summed E-state index contributed by atoms with van der Waals surface area (Å²) in [7, 11) is 4.95. The van der Waals surface area contributed by atoms with Gasteiger partial charge < -0.3 is 71.1 Å². The fraction of sp³-hybridized carbons (Fsp3) is 0.600. The minimum Gasteiger partial charge on any atom is -0.382 e. The van der Waals surface area contributed by atoms with Crippen molar-refractivity contribution in [1.29, 1.82) is 0 Å². The summed E-state index contributed by atoms with van der Waals surface area (Å²) in [6, 6.07) is 24.9. The van der Waals surface area contributed by atoms with E-state index in [1.807, 2.05) is 32.6 Å².